The molecule has 0 aromatic rings. The van der Waals surface area contributed by atoms with E-state index in [1.54, 1.807) is 0 Å². The Labute approximate surface area is 278 Å². The summed E-state index contributed by atoms with van der Waals surface area (Å²) < 4.78 is 60.4. The summed E-state index contributed by atoms with van der Waals surface area (Å²) in [6.45, 7) is 4.85. The number of carbonyl (C=O) groups is 5. The second kappa shape index (κ2) is 19.9. The Bertz CT molecular complexity index is 1140. The van der Waals surface area contributed by atoms with Gasteiger partial charge in [0.25, 0.3) is 0 Å². The molecule has 0 spiro atoms. The van der Waals surface area contributed by atoms with Crippen molar-refractivity contribution >= 4 is 37.7 Å². The molecule has 1 aliphatic heterocycles. The highest BCUT2D eigenvalue weighted by atomic mass is 31.2. The van der Waals surface area contributed by atoms with Crippen LogP contribution in [0.15, 0.2) is 0 Å². The maximum absolute atomic E-state index is 12.7. The third-order valence-corrected chi connectivity index (χ3v) is 8.38. The van der Waals surface area contributed by atoms with Crippen molar-refractivity contribution in [2.24, 2.45) is 5.92 Å². The molecule has 2 fully saturated rings. The lowest BCUT2D eigenvalue weighted by Crippen LogP contribution is -2.66. The Morgan fingerprint density at radius 1 is 0.854 bits per heavy atom. The van der Waals surface area contributed by atoms with Gasteiger partial charge in [0, 0.05) is 68.1 Å². The summed E-state index contributed by atoms with van der Waals surface area (Å²) >= 11 is 0. The second-order valence-corrected chi connectivity index (χ2v) is 12.7. The third-order valence-electron chi connectivity index (χ3n) is 7.41. The molecule has 276 valence electrons. The highest BCUT2D eigenvalue weighted by molar-refractivity contribution is 7.47. The van der Waals surface area contributed by atoms with E-state index in [0.29, 0.717) is 19.3 Å². The molecule has 0 aromatic carbocycles. The molecule has 2 unspecified atom stereocenters. The average molecular weight is 714 g/mol. The number of unbranched alkanes of at least 4 members (excludes halogenated alkanes) is 1. The maximum Gasteiger partial charge on any atom is 0.472 e. The predicted molar refractivity (Wildman–Crippen MR) is 162 cm³/mol. The van der Waals surface area contributed by atoms with Crippen molar-refractivity contribution in [3.05, 3.63) is 0 Å². The molecule has 0 aromatic heterocycles. The SMILES string of the molecule is COC[C@H]1C[C@@H](NC(=O)NCCCCO[C@@H]2O[C@H](COC(C)=O)[C@H](OC(C)=O)[C@H](OC(C)=O)[C@H]2NC(C)=O)[C@@H](OC)C1OP(=O)(O)OC. The molecule has 1 heterocycles. The zero-order valence-corrected chi connectivity index (χ0v) is 29.1. The van der Waals surface area contributed by atoms with E-state index in [4.69, 9.17) is 37.7 Å². The quantitative estimate of drug-likeness (QED) is 0.0628. The fourth-order valence-electron chi connectivity index (χ4n) is 5.53. The lowest BCUT2D eigenvalue weighted by Gasteiger charge is -2.44. The van der Waals surface area contributed by atoms with Crippen molar-refractivity contribution in [3.8, 4) is 0 Å². The summed E-state index contributed by atoms with van der Waals surface area (Å²) in [5, 5.41) is 8.16. The number of ether oxygens (including phenoxy) is 7. The highest BCUT2D eigenvalue weighted by Gasteiger charge is 2.51. The fourth-order valence-corrected chi connectivity index (χ4v) is 6.22. The van der Waals surface area contributed by atoms with E-state index in [-0.39, 0.29) is 32.3 Å². The van der Waals surface area contributed by atoms with Gasteiger partial charge in [-0.1, -0.05) is 0 Å². The molecule has 0 radical (unpaired) electrons. The van der Waals surface area contributed by atoms with E-state index in [9.17, 15) is 33.4 Å². The van der Waals surface area contributed by atoms with Gasteiger partial charge >= 0.3 is 31.8 Å². The molecule has 48 heavy (non-hydrogen) atoms. The summed E-state index contributed by atoms with van der Waals surface area (Å²) in [5.41, 5.74) is 0. The third kappa shape index (κ3) is 13.2. The van der Waals surface area contributed by atoms with E-state index in [2.05, 4.69) is 20.5 Å². The van der Waals surface area contributed by atoms with Crippen molar-refractivity contribution in [1.29, 1.82) is 0 Å². The summed E-state index contributed by atoms with van der Waals surface area (Å²) in [6, 6.07) is -2.16. The molecule has 10 atom stereocenters. The van der Waals surface area contributed by atoms with Gasteiger partial charge in [0.15, 0.2) is 18.5 Å². The molecule has 4 N–H and O–H groups in total. The molecule has 1 aliphatic carbocycles. The fraction of sp³-hybridized carbons (Fsp3) is 0.821. The van der Waals surface area contributed by atoms with E-state index < -0.39 is 86.6 Å². The minimum Gasteiger partial charge on any atom is -0.463 e. The zero-order chi connectivity index (χ0) is 36.0. The van der Waals surface area contributed by atoms with Crippen LogP contribution >= 0.6 is 7.82 Å². The van der Waals surface area contributed by atoms with Gasteiger partial charge in [0.05, 0.1) is 12.6 Å². The maximum atomic E-state index is 12.7. The Hall–Kier alpha value is -2.90. The topological polar surface area (TPSA) is 242 Å². The molecule has 2 aliphatic rings. The monoisotopic (exact) mass is 713 g/mol. The number of amides is 3. The van der Waals surface area contributed by atoms with Gasteiger partial charge in [-0.25, -0.2) is 9.36 Å². The van der Waals surface area contributed by atoms with Crippen molar-refractivity contribution in [2.45, 2.75) is 95.9 Å². The molecule has 19 nitrogen and oxygen atoms in total. The Morgan fingerprint density at radius 2 is 1.52 bits per heavy atom. The minimum absolute atomic E-state index is 0.0716. The summed E-state index contributed by atoms with van der Waals surface area (Å²) in [4.78, 5) is 70.0. The van der Waals surface area contributed by atoms with Crippen LogP contribution in [0.25, 0.3) is 0 Å². The van der Waals surface area contributed by atoms with Crippen LogP contribution in [0.1, 0.15) is 47.0 Å². The number of rotatable bonds is 18. The normalized spacial score (nSPS) is 29.6. The van der Waals surface area contributed by atoms with E-state index in [1.807, 2.05) is 0 Å². The van der Waals surface area contributed by atoms with Gasteiger partial charge in [0.2, 0.25) is 5.91 Å². The largest absolute Gasteiger partial charge is 0.472 e. The zero-order valence-electron chi connectivity index (χ0n) is 28.2. The standard InChI is InChI=1S/C28H48N3O16P/c1-15(32)30-22-26(45-18(4)35)25(44-17(3)34)21(14-43-16(2)33)46-27(22)42-11-9-8-10-29-28(36)31-20-12-19(13-39-5)23(24(20)40-6)47-48(37,38)41-7/h19-27H,8-14H2,1-7H3,(H,30,32)(H,37,38)(H2,29,31,36)/t19-,20-,21-,22-,23?,24-,25+,26-,27-/m1/s1. The van der Waals surface area contributed by atoms with E-state index >= 15 is 0 Å². The van der Waals surface area contributed by atoms with Crippen molar-refractivity contribution in [2.75, 3.05) is 47.7 Å². The van der Waals surface area contributed by atoms with Crippen LogP contribution in [-0.2, 0) is 65.9 Å². The van der Waals surface area contributed by atoms with Gasteiger partial charge in [0.1, 0.15) is 31.0 Å². The molecular formula is C28H48N3O16P. The predicted octanol–water partition coefficient (Wildman–Crippen LogP) is -0.0796. The van der Waals surface area contributed by atoms with Crippen LogP contribution in [0, 0.1) is 5.92 Å². The first kappa shape index (κ1) is 41.3. The number of urea groups is 1. The number of phosphoric ester groups is 1. The summed E-state index contributed by atoms with van der Waals surface area (Å²) in [6.07, 6.45) is -5.19. The Kier molecular flexibility index (Phi) is 17.1. The summed E-state index contributed by atoms with van der Waals surface area (Å²) in [7, 11) is -0.422. The van der Waals surface area contributed by atoms with Crippen molar-refractivity contribution in [3.63, 3.8) is 0 Å². The minimum atomic E-state index is -4.34. The molecule has 1 saturated heterocycles. The molecule has 1 saturated carbocycles. The van der Waals surface area contributed by atoms with Crippen LogP contribution in [0.5, 0.6) is 0 Å². The Balaban J connectivity index is 1.98. The highest BCUT2D eigenvalue weighted by Crippen LogP contribution is 2.48. The first-order valence-electron chi connectivity index (χ1n) is 15.3. The molecule has 2 rings (SSSR count). The lowest BCUT2D eigenvalue weighted by molar-refractivity contribution is -0.277. The number of hydrogen-bond acceptors (Lipinski definition) is 15. The molecule has 0 bridgehead atoms. The van der Waals surface area contributed by atoms with Crippen molar-refractivity contribution < 1.29 is 75.6 Å². The van der Waals surface area contributed by atoms with E-state index in [0.717, 1.165) is 21.0 Å². The van der Waals surface area contributed by atoms with Crippen LogP contribution < -0.4 is 16.0 Å². The molecule has 3 amide bonds. The number of carbonyl (C=O) groups excluding carboxylic acids is 5. The number of nitrogens with one attached hydrogen (secondary N) is 3. The molecular weight excluding hydrogens is 665 g/mol. The van der Waals surface area contributed by atoms with Crippen LogP contribution in [0.2, 0.25) is 0 Å². The molecule has 20 heteroatoms. The first-order chi connectivity index (χ1) is 22.6. The average Bonchev–Trinajstić information content (AvgIpc) is 3.30. The van der Waals surface area contributed by atoms with Gasteiger partial charge in [-0.2, -0.15) is 0 Å². The Morgan fingerprint density at radius 3 is 2.08 bits per heavy atom. The number of phosphoric acid groups is 1. The van der Waals surface area contributed by atoms with Gasteiger partial charge in [-0.05, 0) is 19.3 Å². The van der Waals surface area contributed by atoms with Crippen LogP contribution in [-0.4, -0.2) is 131 Å². The van der Waals surface area contributed by atoms with Crippen LogP contribution in [0.4, 0.5) is 4.79 Å². The second-order valence-electron chi connectivity index (χ2n) is 11.2. The van der Waals surface area contributed by atoms with E-state index in [1.165, 1.54) is 28.1 Å². The smallest absolute Gasteiger partial charge is 0.463 e. The van der Waals surface area contributed by atoms with Gasteiger partial charge in [-0.15, -0.1) is 0 Å². The lowest BCUT2D eigenvalue weighted by atomic mass is 9.96. The summed E-state index contributed by atoms with van der Waals surface area (Å²) in [5.74, 6) is -2.93. The number of hydrogen-bond donors (Lipinski definition) is 4. The van der Waals surface area contributed by atoms with Gasteiger partial charge < -0.3 is 54.0 Å². The number of methoxy groups -OCH3 is 2. The van der Waals surface area contributed by atoms with Crippen molar-refractivity contribution in [1.82, 2.24) is 16.0 Å². The van der Waals surface area contributed by atoms with Crippen LogP contribution in [0.3, 0.4) is 0 Å². The first-order valence-corrected chi connectivity index (χ1v) is 16.8. The van der Waals surface area contributed by atoms with Gasteiger partial charge in [-0.3, -0.25) is 28.2 Å². The number of esters is 3.